The first-order valence-corrected chi connectivity index (χ1v) is 4.95. The van der Waals surface area contributed by atoms with Gasteiger partial charge in [-0.1, -0.05) is 35.3 Å². The first-order valence-electron chi connectivity index (χ1n) is 4.19. The number of benzene rings is 1. The summed E-state index contributed by atoms with van der Waals surface area (Å²) >= 11 is 11.9. The predicted octanol–water partition coefficient (Wildman–Crippen LogP) is 3.18. The molecule has 1 heterocycles. The molecule has 0 aliphatic rings. The number of rotatable bonds is 1. The van der Waals surface area contributed by atoms with Gasteiger partial charge in [-0.3, -0.25) is 0 Å². The second-order valence-electron chi connectivity index (χ2n) is 3.16. The lowest BCUT2D eigenvalue weighted by atomic mass is 10.2. The summed E-state index contributed by atoms with van der Waals surface area (Å²) in [6, 6.07) is 5.18. The average Bonchev–Trinajstić information content (AvgIpc) is 2.40. The number of aromatic nitrogens is 1. The van der Waals surface area contributed by atoms with Gasteiger partial charge in [0.1, 0.15) is 5.69 Å². The van der Waals surface area contributed by atoms with Crippen LogP contribution in [0.3, 0.4) is 0 Å². The molecule has 15 heavy (non-hydrogen) atoms. The lowest BCUT2D eigenvalue weighted by Gasteiger charge is -2.00. The molecule has 0 bridgehead atoms. The minimum atomic E-state index is -1.06. The molecule has 1 aromatic heterocycles. The van der Waals surface area contributed by atoms with Gasteiger partial charge in [-0.2, -0.15) is 0 Å². The first-order chi connectivity index (χ1) is 7.04. The SMILES string of the molecule is Cn1c(C(=O)O)c(Cl)c2cccc(Cl)c21. The number of aromatic carboxylic acids is 1. The minimum Gasteiger partial charge on any atom is -0.477 e. The zero-order valence-electron chi connectivity index (χ0n) is 7.79. The number of halogens is 2. The summed E-state index contributed by atoms with van der Waals surface area (Å²) in [5.74, 6) is -1.06. The highest BCUT2D eigenvalue weighted by Crippen LogP contribution is 2.33. The van der Waals surface area contributed by atoms with Crippen molar-refractivity contribution in [3.63, 3.8) is 0 Å². The van der Waals surface area contributed by atoms with Crippen LogP contribution < -0.4 is 0 Å². The molecule has 0 aliphatic heterocycles. The summed E-state index contributed by atoms with van der Waals surface area (Å²) in [5, 5.41) is 10.4. The number of fused-ring (bicyclic) bond motifs is 1. The van der Waals surface area contributed by atoms with Gasteiger partial charge < -0.3 is 9.67 Å². The molecule has 2 aromatic rings. The summed E-state index contributed by atoms with van der Waals surface area (Å²) in [5.41, 5.74) is 0.696. The number of hydrogen-bond donors (Lipinski definition) is 1. The van der Waals surface area contributed by atoms with Gasteiger partial charge in [-0.25, -0.2) is 4.79 Å². The monoisotopic (exact) mass is 243 g/mol. The van der Waals surface area contributed by atoms with Gasteiger partial charge in [0.05, 0.1) is 15.6 Å². The van der Waals surface area contributed by atoms with Crippen LogP contribution in [0, 0.1) is 0 Å². The van der Waals surface area contributed by atoms with Crippen LogP contribution in [0.25, 0.3) is 10.9 Å². The van der Waals surface area contributed by atoms with Gasteiger partial charge in [-0.05, 0) is 6.07 Å². The van der Waals surface area contributed by atoms with E-state index in [2.05, 4.69) is 0 Å². The normalized spacial score (nSPS) is 10.9. The molecule has 0 fully saturated rings. The molecule has 0 aliphatic carbocycles. The van der Waals surface area contributed by atoms with Gasteiger partial charge in [0.15, 0.2) is 0 Å². The van der Waals surface area contributed by atoms with Crippen molar-refractivity contribution in [2.75, 3.05) is 0 Å². The molecule has 2 rings (SSSR count). The third-order valence-corrected chi connectivity index (χ3v) is 2.99. The van der Waals surface area contributed by atoms with E-state index >= 15 is 0 Å². The highest BCUT2D eigenvalue weighted by atomic mass is 35.5. The maximum absolute atomic E-state index is 11.0. The van der Waals surface area contributed by atoms with Crippen LogP contribution in [0.15, 0.2) is 18.2 Å². The van der Waals surface area contributed by atoms with Crippen LogP contribution >= 0.6 is 23.2 Å². The van der Waals surface area contributed by atoms with Gasteiger partial charge >= 0.3 is 5.97 Å². The van der Waals surface area contributed by atoms with Crippen molar-refractivity contribution in [1.82, 2.24) is 4.57 Å². The van der Waals surface area contributed by atoms with E-state index in [1.54, 1.807) is 25.2 Å². The Bertz CT molecular complexity index is 560. The maximum atomic E-state index is 11.0. The van der Waals surface area contributed by atoms with Gasteiger partial charge in [0, 0.05) is 12.4 Å². The number of carbonyl (C=O) groups is 1. The standard InChI is InChI=1S/C10H7Cl2NO2/c1-13-8-5(3-2-4-6(8)11)7(12)9(13)10(14)15/h2-4H,1H3,(H,14,15). The fourth-order valence-corrected chi connectivity index (χ4v) is 2.32. The van der Waals surface area contributed by atoms with E-state index in [9.17, 15) is 4.79 Å². The number of nitrogens with zero attached hydrogens (tertiary/aromatic N) is 1. The van der Waals surface area contributed by atoms with E-state index in [-0.39, 0.29) is 10.7 Å². The molecule has 1 aromatic carbocycles. The molecule has 0 atom stereocenters. The Balaban J connectivity index is 2.98. The van der Waals surface area contributed by atoms with E-state index < -0.39 is 5.97 Å². The molecule has 3 nitrogen and oxygen atoms in total. The summed E-state index contributed by atoms with van der Waals surface area (Å²) in [7, 11) is 1.63. The third-order valence-electron chi connectivity index (χ3n) is 2.30. The van der Waals surface area contributed by atoms with E-state index in [1.165, 1.54) is 4.57 Å². The lowest BCUT2D eigenvalue weighted by molar-refractivity contribution is 0.0687. The Morgan fingerprint density at radius 2 is 2.07 bits per heavy atom. The summed E-state index contributed by atoms with van der Waals surface area (Å²) < 4.78 is 1.49. The highest BCUT2D eigenvalue weighted by Gasteiger charge is 2.20. The molecule has 0 saturated carbocycles. The number of para-hydroxylation sites is 1. The zero-order valence-corrected chi connectivity index (χ0v) is 9.30. The molecule has 0 amide bonds. The van der Waals surface area contributed by atoms with Crippen LogP contribution in [0.5, 0.6) is 0 Å². The Kier molecular flexibility index (Phi) is 2.37. The van der Waals surface area contributed by atoms with Crippen molar-refractivity contribution in [3.8, 4) is 0 Å². The molecular weight excluding hydrogens is 237 g/mol. The van der Waals surface area contributed by atoms with E-state index in [4.69, 9.17) is 28.3 Å². The number of carboxylic acid groups (broad SMARTS) is 1. The molecule has 0 radical (unpaired) electrons. The topological polar surface area (TPSA) is 42.2 Å². The Labute approximate surface area is 95.8 Å². The molecule has 0 unspecified atom stereocenters. The number of aryl methyl sites for hydroxylation is 1. The van der Waals surface area contributed by atoms with Gasteiger partial charge in [0.2, 0.25) is 0 Å². The van der Waals surface area contributed by atoms with Crippen molar-refractivity contribution in [2.45, 2.75) is 0 Å². The Morgan fingerprint density at radius 3 is 2.60 bits per heavy atom. The molecule has 0 spiro atoms. The Hall–Kier alpha value is -1.19. The molecule has 0 saturated heterocycles. The third kappa shape index (κ3) is 1.39. The maximum Gasteiger partial charge on any atom is 0.354 e. The second-order valence-corrected chi connectivity index (χ2v) is 3.95. The zero-order chi connectivity index (χ0) is 11.2. The lowest BCUT2D eigenvalue weighted by Crippen LogP contribution is -2.04. The summed E-state index contributed by atoms with van der Waals surface area (Å²) in [6.45, 7) is 0. The van der Waals surface area contributed by atoms with Crippen molar-refractivity contribution < 1.29 is 9.90 Å². The predicted molar refractivity (Wildman–Crippen MR) is 59.9 cm³/mol. The minimum absolute atomic E-state index is 0.0553. The number of hydrogen-bond acceptors (Lipinski definition) is 1. The van der Waals surface area contributed by atoms with Crippen molar-refractivity contribution >= 4 is 40.1 Å². The largest absolute Gasteiger partial charge is 0.477 e. The molecule has 78 valence electrons. The molecule has 5 heteroatoms. The van der Waals surface area contributed by atoms with E-state index in [0.29, 0.717) is 15.9 Å². The fourth-order valence-electron chi connectivity index (χ4n) is 1.66. The van der Waals surface area contributed by atoms with Gasteiger partial charge in [0.25, 0.3) is 0 Å². The van der Waals surface area contributed by atoms with E-state index in [0.717, 1.165) is 0 Å². The van der Waals surface area contributed by atoms with Gasteiger partial charge in [-0.15, -0.1) is 0 Å². The molecule has 1 N–H and O–H groups in total. The van der Waals surface area contributed by atoms with Crippen LogP contribution in [-0.2, 0) is 7.05 Å². The second kappa shape index (κ2) is 3.43. The van der Waals surface area contributed by atoms with Crippen molar-refractivity contribution in [1.29, 1.82) is 0 Å². The van der Waals surface area contributed by atoms with Crippen LogP contribution in [0.2, 0.25) is 10.0 Å². The van der Waals surface area contributed by atoms with Crippen molar-refractivity contribution in [3.05, 3.63) is 33.9 Å². The first kappa shape index (κ1) is 10.3. The van der Waals surface area contributed by atoms with Crippen LogP contribution in [-0.4, -0.2) is 15.6 Å². The molecular formula is C10H7Cl2NO2. The average molecular weight is 244 g/mol. The number of carboxylic acids is 1. The summed E-state index contributed by atoms with van der Waals surface area (Å²) in [4.78, 5) is 11.0. The van der Waals surface area contributed by atoms with Crippen LogP contribution in [0.4, 0.5) is 0 Å². The van der Waals surface area contributed by atoms with E-state index in [1.807, 2.05) is 0 Å². The fraction of sp³-hybridized carbons (Fsp3) is 0.100. The summed E-state index contributed by atoms with van der Waals surface area (Å²) in [6.07, 6.45) is 0. The van der Waals surface area contributed by atoms with Crippen LogP contribution in [0.1, 0.15) is 10.5 Å². The quantitative estimate of drug-likeness (QED) is 0.836. The smallest absolute Gasteiger partial charge is 0.354 e. The highest BCUT2D eigenvalue weighted by molar-refractivity contribution is 6.41. The van der Waals surface area contributed by atoms with Crippen molar-refractivity contribution in [2.24, 2.45) is 7.05 Å². The Morgan fingerprint density at radius 1 is 1.40 bits per heavy atom.